The van der Waals surface area contributed by atoms with E-state index in [1.807, 2.05) is 24.3 Å². The van der Waals surface area contributed by atoms with Crippen LogP contribution in [-0.2, 0) is 4.79 Å². The Bertz CT molecular complexity index is 336. The van der Waals surface area contributed by atoms with Gasteiger partial charge in [0, 0.05) is 29.7 Å². The maximum Gasteiger partial charge on any atom is 0.124 e. The molecule has 15 heavy (non-hydrogen) atoms. The highest BCUT2D eigenvalue weighted by atomic mass is 35.5. The van der Waals surface area contributed by atoms with Gasteiger partial charge in [-0.25, -0.2) is 0 Å². The van der Waals surface area contributed by atoms with Crippen molar-refractivity contribution in [2.24, 2.45) is 5.92 Å². The smallest absolute Gasteiger partial charge is 0.124 e. The predicted octanol–water partition coefficient (Wildman–Crippen LogP) is 2.76. The zero-order valence-electron chi connectivity index (χ0n) is 8.53. The number of hydrogen-bond donors (Lipinski definition) is 0. The second-order valence-electron chi connectivity index (χ2n) is 3.96. The third kappa shape index (κ3) is 2.51. The second-order valence-corrected chi connectivity index (χ2v) is 4.40. The molecule has 1 saturated heterocycles. The summed E-state index contributed by atoms with van der Waals surface area (Å²) in [4.78, 5) is 13.0. The molecule has 1 unspecified atom stereocenters. The van der Waals surface area contributed by atoms with Gasteiger partial charge in [0.15, 0.2) is 0 Å². The molecule has 1 aromatic rings. The molecule has 1 heterocycles. The first-order valence-electron chi connectivity index (χ1n) is 5.25. The Balaban J connectivity index is 2.09. The Kier molecular flexibility index (Phi) is 3.27. The van der Waals surface area contributed by atoms with Crippen molar-refractivity contribution in [2.75, 3.05) is 18.0 Å². The third-order valence-corrected chi connectivity index (χ3v) is 3.09. The van der Waals surface area contributed by atoms with Crippen LogP contribution in [0.2, 0.25) is 5.02 Å². The van der Waals surface area contributed by atoms with E-state index in [1.165, 1.54) is 0 Å². The minimum atomic E-state index is 0.189. The number of anilines is 1. The third-order valence-electron chi connectivity index (χ3n) is 2.84. The molecule has 0 amide bonds. The zero-order chi connectivity index (χ0) is 10.7. The van der Waals surface area contributed by atoms with Crippen molar-refractivity contribution >= 4 is 23.6 Å². The van der Waals surface area contributed by atoms with Gasteiger partial charge in [0.2, 0.25) is 0 Å². The lowest BCUT2D eigenvalue weighted by molar-refractivity contribution is -0.111. The number of carbonyl (C=O) groups is 1. The molecule has 0 saturated carbocycles. The molecule has 80 valence electrons. The van der Waals surface area contributed by atoms with Gasteiger partial charge in [0.05, 0.1) is 0 Å². The first-order chi connectivity index (χ1) is 7.29. The van der Waals surface area contributed by atoms with Gasteiger partial charge in [-0.05, 0) is 37.1 Å². The van der Waals surface area contributed by atoms with Gasteiger partial charge in [-0.1, -0.05) is 11.6 Å². The van der Waals surface area contributed by atoms with Crippen molar-refractivity contribution in [3.63, 3.8) is 0 Å². The maximum absolute atomic E-state index is 10.7. The molecular formula is C12H14ClNO. The van der Waals surface area contributed by atoms with Crippen LogP contribution in [0.1, 0.15) is 12.8 Å². The number of piperidine rings is 1. The van der Waals surface area contributed by atoms with Gasteiger partial charge < -0.3 is 9.69 Å². The van der Waals surface area contributed by atoms with Crippen LogP contribution in [0.4, 0.5) is 5.69 Å². The fourth-order valence-electron chi connectivity index (χ4n) is 2.01. The van der Waals surface area contributed by atoms with Crippen LogP contribution >= 0.6 is 11.6 Å². The minimum absolute atomic E-state index is 0.189. The lowest BCUT2D eigenvalue weighted by Gasteiger charge is -2.32. The number of rotatable bonds is 2. The number of benzene rings is 1. The number of aldehydes is 1. The molecule has 1 aliphatic heterocycles. The van der Waals surface area contributed by atoms with E-state index in [2.05, 4.69) is 4.90 Å². The van der Waals surface area contributed by atoms with Crippen LogP contribution in [0.25, 0.3) is 0 Å². The molecule has 0 aromatic heterocycles. The molecule has 2 nitrogen and oxygen atoms in total. The van der Waals surface area contributed by atoms with E-state index in [-0.39, 0.29) is 5.92 Å². The van der Waals surface area contributed by atoms with Crippen LogP contribution < -0.4 is 4.90 Å². The Labute approximate surface area is 94.8 Å². The van der Waals surface area contributed by atoms with E-state index in [9.17, 15) is 4.79 Å². The Morgan fingerprint density at radius 3 is 2.73 bits per heavy atom. The molecule has 3 heteroatoms. The lowest BCUT2D eigenvalue weighted by atomic mass is 9.99. The summed E-state index contributed by atoms with van der Waals surface area (Å²) in [6.07, 6.45) is 3.18. The van der Waals surface area contributed by atoms with E-state index in [1.54, 1.807) is 0 Å². The predicted molar refractivity (Wildman–Crippen MR) is 62.5 cm³/mol. The normalized spacial score (nSPS) is 21.4. The first-order valence-corrected chi connectivity index (χ1v) is 5.63. The summed E-state index contributed by atoms with van der Waals surface area (Å²) < 4.78 is 0. The summed E-state index contributed by atoms with van der Waals surface area (Å²) >= 11 is 5.83. The van der Waals surface area contributed by atoms with E-state index in [4.69, 9.17) is 11.6 Å². The van der Waals surface area contributed by atoms with Gasteiger partial charge in [-0.2, -0.15) is 0 Å². The van der Waals surface area contributed by atoms with E-state index < -0.39 is 0 Å². The first kappa shape index (κ1) is 10.5. The SMILES string of the molecule is O=CC1CCCN(c2ccc(Cl)cc2)C1. The summed E-state index contributed by atoms with van der Waals surface area (Å²) in [5, 5.41) is 0.752. The number of hydrogen-bond acceptors (Lipinski definition) is 2. The van der Waals surface area contributed by atoms with Gasteiger partial charge in [-0.15, -0.1) is 0 Å². The fourth-order valence-corrected chi connectivity index (χ4v) is 2.13. The molecule has 0 aliphatic carbocycles. The molecule has 0 radical (unpaired) electrons. The average Bonchev–Trinajstić information content (AvgIpc) is 2.30. The molecule has 0 N–H and O–H groups in total. The average molecular weight is 224 g/mol. The number of halogens is 1. The molecule has 1 fully saturated rings. The van der Waals surface area contributed by atoms with E-state index in [0.717, 1.165) is 42.9 Å². The Hall–Kier alpha value is -1.02. The van der Waals surface area contributed by atoms with Crippen molar-refractivity contribution in [2.45, 2.75) is 12.8 Å². The molecule has 1 aliphatic rings. The number of nitrogens with zero attached hydrogens (tertiary/aromatic N) is 1. The van der Waals surface area contributed by atoms with Crippen molar-refractivity contribution < 1.29 is 4.79 Å². The second kappa shape index (κ2) is 4.67. The summed E-state index contributed by atoms with van der Waals surface area (Å²) in [6, 6.07) is 7.80. The van der Waals surface area contributed by atoms with E-state index in [0.29, 0.717) is 0 Å². The van der Waals surface area contributed by atoms with Crippen LogP contribution in [0, 0.1) is 5.92 Å². The zero-order valence-corrected chi connectivity index (χ0v) is 9.28. The van der Waals surface area contributed by atoms with Crippen molar-refractivity contribution in [3.8, 4) is 0 Å². The monoisotopic (exact) mass is 223 g/mol. The van der Waals surface area contributed by atoms with Gasteiger partial charge in [0.25, 0.3) is 0 Å². The summed E-state index contributed by atoms with van der Waals surface area (Å²) in [5.41, 5.74) is 1.16. The fraction of sp³-hybridized carbons (Fsp3) is 0.417. The van der Waals surface area contributed by atoms with E-state index >= 15 is 0 Å². The van der Waals surface area contributed by atoms with Crippen LogP contribution in [0.3, 0.4) is 0 Å². The van der Waals surface area contributed by atoms with Crippen molar-refractivity contribution in [3.05, 3.63) is 29.3 Å². The van der Waals surface area contributed by atoms with Crippen molar-refractivity contribution in [1.29, 1.82) is 0 Å². The summed E-state index contributed by atoms with van der Waals surface area (Å²) in [7, 11) is 0. The highest BCUT2D eigenvalue weighted by molar-refractivity contribution is 6.30. The van der Waals surface area contributed by atoms with Crippen LogP contribution in [0.5, 0.6) is 0 Å². The lowest BCUT2D eigenvalue weighted by Crippen LogP contribution is -2.35. The van der Waals surface area contributed by atoms with Gasteiger partial charge in [0.1, 0.15) is 6.29 Å². The molecule has 0 spiro atoms. The number of carbonyl (C=O) groups excluding carboxylic acids is 1. The van der Waals surface area contributed by atoms with Gasteiger partial charge >= 0.3 is 0 Å². The largest absolute Gasteiger partial charge is 0.371 e. The summed E-state index contributed by atoms with van der Waals surface area (Å²) in [6.45, 7) is 1.87. The highest BCUT2D eigenvalue weighted by Gasteiger charge is 2.19. The topological polar surface area (TPSA) is 20.3 Å². The standard InChI is InChI=1S/C12H14ClNO/c13-11-3-5-12(6-4-11)14-7-1-2-10(8-14)9-15/h3-6,9-10H,1-2,7-8H2. The van der Waals surface area contributed by atoms with Crippen LogP contribution in [0.15, 0.2) is 24.3 Å². The quantitative estimate of drug-likeness (QED) is 0.719. The Morgan fingerprint density at radius 1 is 1.33 bits per heavy atom. The van der Waals surface area contributed by atoms with Crippen molar-refractivity contribution in [1.82, 2.24) is 0 Å². The van der Waals surface area contributed by atoms with Crippen LogP contribution in [-0.4, -0.2) is 19.4 Å². The molecule has 1 aromatic carbocycles. The van der Waals surface area contributed by atoms with Gasteiger partial charge in [-0.3, -0.25) is 0 Å². The maximum atomic E-state index is 10.7. The minimum Gasteiger partial charge on any atom is -0.371 e. The molecule has 0 bridgehead atoms. The highest BCUT2D eigenvalue weighted by Crippen LogP contribution is 2.23. The summed E-state index contributed by atoms with van der Waals surface area (Å²) in [5.74, 6) is 0.189. The Morgan fingerprint density at radius 2 is 2.07 bits per heavy atom. The molecular weight excluding hydrogens is 210 g/mol. The molecule has 1 atom stereocenters. The molecule has 2 rings (SSSR count).